The minimum Gasteiger partial charge on any atom is -0.495 e. The largest absolute Gasteiger partial charge is 0.495 e. The van der Waals surface area contributed by atoms with Crippen molar-refractivity contribution in [3.63, 3.8) is 0 Å². The van der Waals surface area contributed by atoms with Crippen molar-refractivity contribution in [2.45, 2.75) is 19.4 Å². The van der Waals surface area contributed by atoms with Gasteiger partial charge in [-0.15, -0.1) is 0 Å². The summed E-state index contributed by atoms with van der Waals surface area (Å²) < 4.78 is 5.11. The molecule has 2 aromatic rings. The lowest BCUT2D eigenvalue weighted by molar-refractivity contribution is 0.220. The van der Waals surface area contributed by atoms with Gasteiger partial charge >= 0.3 is 0 Å². The van der Waals surface area contributed by atoms with Crippen LogP contribution in [0.2, 0.25) is 5.02 Å². The molecule has 0 aliphatic carbocycles. The normalized spacial score (nSPS) is 12.2. The maximum Gasteiger partial charge on any atom is 0.137 e. The molecule has 100 valence electrons. The molecule has 0 bridgehead atoms. The highest BCUT2D eigenvalue weighted by molar-refractivity contribution is 6.32. The van der Waals surface area contributed by atoms with Crippen LogP contribution in [0.25, 0.3) is 0 Å². The molecule has 2 nitrogen and oxygen atoms in total. The van der Waals surface area contributed by atoms with Crippen molar-refractivity contribution in [2.24, 2.45) is 0 Å². The Balaban J connectivity index is 2.32. The van der Waals surface area contributed by atoms with Crippen molar-refractivity contribution < 1.29 is 9.84 Å². The Morgan fingerprint density at radius 1 is 1.16 bits per heavy atom. The van der Waals surface area contributed by atoms with Gasteiger partial charge in [-0.3, -0.25) is 0 Å². The zero-order valence-electron chi connectivity index (χ0n) is 11.1. The highest BCUT2D eigenvalue weighted by Gasteiger charge is 2.12. The summed E-state index contributed by atoms with van der Waals surface area (Å²) in [4.78, 5) is 0. The summed E-state index contributed by atoms with van der Waals surface area (Å²) in [5.74, 6) is 0.611. The van der Waals surface area contributed by atoms with Gasteiger partial charge in [-0.25, -0.2) is 0 Å². The number of aliphatic hydroxyl groups excluding tert-OH is 1. The Kier molecular flexibility index (Phi) is 4.46. The van der Waals surface area contributed by atoms with Crippen LogP contribution in [0.3, 0.4) is 0 Å². The summed E-state index contributed by atoms with van der Waals surface area (Å²) in [7, 11) is 1.57. The SMILES string of the molecule is CCc1cccc(C(O)c2ccc(OC)c(Cl)c2)c1. The lowest BCUT2D eigenvalue weighted by Crippen LogP contribution is -2.00. The maximum atomic E-state index is 10.4. The molecule has 0 spiro atoms. The van der Waals surface area contributed by atoms with Gasteiger partial charge in [-0.05, 0) is 35.2 Å². The van der Waals surface area contributed by atoms with E-state index in [1.54, 1.807) is 19.2 Å². The van der Waals surface area contributed by atoms with Gasteiger partial charge in [-0.2, -0.15) is 0 Å². The lowest BCUT2D eigenvalue weighted by Gasteiger charge is -2.14. The second-order valence-electron chi connectivity index (χ2n) is 4.40. The van der Waals surface area contributed by atoms with Crippen molar-refractivity contribution >= 4 is 11.6 Å². The van der Waals surface area contributed by atoms with Crippen LogP contribution in [0.4, 0.5) is 0 Å². The summed E-state index contributed by atoms with van der Waals surface area (Å²) in [6.07, 6.45) is 0.277. The molecule has 0 saturated heterocycles. The maximum absolute atomic E-state index is 10.4. The minimum atomic E-state index is -0.671. The second kappa shape index (κ2) is 6.09. The van der Waals surface area contributed by atoms with E-state index < -0.39 is 6.10 Å². The first-order chi connectivity index (χ1) is 9.15. The van der Waals surface area contributed by atoms with Crippen LogP contribution in [0.5, 0.6) is 5.75 Å². The summed E-state index contributed by atoms with van der Waals surface area (Å²) in [5.41, 5.74) is 2.84. The van der Waals surface area contributed by atoms with Gasteiger partial charge in [0.15, 0.2) is 0 Å². The molecule has 0 heterocycles. The van der Waals surface area contributed by atoms with E-state index in [2.05, 4.69) is 13.0 Å². The van der Waals surface area contributed by atoms with E-state index >= 15 is 0 Å². The molecule has 2 rings (SSSR count). The third-order valence-corrected chi connectivity index (χ3v) is 3.46. The van der Waals surface area contributed by atoms with Crippen LogP contribution in [0.15, 0.2) is 42.5 Å². The topological polar surface area (TPSA) is 29.5 Å². The van der Waals surface area contributed by atoms with E-state index in [1.807, 2.05) is 24.3 Å². The molecule has 1 atom stereocenters. The average Bonchev–Trinajstić information content (AvgIpc) is 2.46. The predicted octanol–water partition coefficient (Wildman–Crippen LogP) is 3.99. The summed E-state index contributed by atoms with van der Waals surface area (Å²) in [6, 6.07) is 13.3. The third-order valence-electron chi connectivity index (χ3n) is 3.17. The van der Waals surface area contributed by atoms with E-state index in [1.165, 1.54) is 5.56 Å². The monoisotopic (exact) mass is 276 g/mol. The third kappa shape index (κ3) is 3.09. The molecule has 1 unspecified atom stereocenters. The molecular weight excluding hydrogens is 260 g/mol. The zero-order valence-corrected chi connectivity index (χ0v) is 11.8. The Labute approximate surface area is 118 Å². The summed E-state index contributed by atoms with van der Waals surface area (Å²) in [6.45, 7) is 2.09. The number of aryl methyl sites for hydroxylation is 1. The van der Waals surface area contributed by atoms with E-state index in [-0.39, 0.29) is 0 Å². The van der Waals surface area contributed by atoms with Crippen LogP contribution < -0.4 is 4.74 Å². The van der Waals surface area contributed by atoms with Gasteiger partial charge < -0.3 is 9.84 Å². The lowest BCUT2D eigenvalue weighted by atomic mass is 9.99. The van der Waals surface area contributed by atoms with Crippen molar-refractivity contribution in [3.8, 4) is 5.75 Å². The summed E-state index contributed by atoms with van der Waals surface area (Å²) in [5, 5.41) is 10.9. The Morgan fingerprint density at radius 3 is 2.53 bits per heavy atom. The Hall–Kier alpha value is -1.51. The Morgan fingerprint density at radius 2 is 1.89 bits per heavy atom. The molecular formula is C16H17ClO2. The minimum absolute atomic E-state index is 0.505. The van der Waals surface area contributed by atoms with Crippen LogP contribution in [0.1, 0.15) is 29.7 Å². The number of benzene rings is 2. The fraction of sp³-hybridized carbons (Fsp3) is 0.250. The van der Waals surface area contributed by atoms with Gasteiger partial charge in [0, 0.05) is 0 Å². The van der Waals surface area contributed by atoms with Crippen molar-refractivity contribution in [1.29, 1.82) is 0 Å². The molecule has 19 heavy (non-hydrogen) atoms. The molecule has 0 fully saturated rings. The quantitative estimate of drug-likeness (QED) is 0.915. The predicted molar refractivity (Wildman–Crippen MR) is 77.9 cm³/mol. The highest BCUT2D eigenvalue weighted by atomic mass is 35.5. The first-order valence-electron chi connectivity index (χ1n) is 6.26. The van der Waals surface area contributed by atoms with Crippen molar-refractivity contribution in [1.82, 2.24) is 0 Å². The molecule has 0 amide bonds. The summed E-state index contributed by atoms with van der Waals surface area (Å²) >= 11 is 6.08. The van der Waals surface area contributed by atoms with E-state index in [9.17, 15) is 5.11 Å². The van der Waals surface area contributed by atoms with Crippen LogP contribution in [-0.2, 0) is 6.42 Å². The fourth-order valence-corrected chi connectivity index (χ4v) is 2.29. The fourth-order valence-electron chi connectivity index (χ4n) is 2.03. The van der Waals surface area contributed by atoms with E-state index in [0.717, 1.165) is 17.5 Å². The molecule has 0 aliphatic heterocycles. The van der Waals surface area contributed by atoms with Gasteiger partial charge in [0.25, 0.3) is 0 Å². The number of halogens is 1. The molecule has 0 radical (unpaired) electrons. The number of ether oxygens (including phenoxy) is 1. The van der Waals surface area contributed by atoms with Gasteiger partial charge in [0.1, 0.15) is 11.9 Å². The molecule has 1 N–H and O–H groups in total. The standard InChI is InChI=1S/C16H17ClO2/c1-3-11-5-4-6-12(9-11)16(18)13-7-8-15(19-2)14(17)10-13/h4-10,16,18H,3H2,1-2H3. The van der Waals surface area contributed by atoms with E-state index in [0.29, 0.717) is 10.8 Å². The Bertz CT molecular complexity index is 566. The van der Waals surface area contributed by atoms with Crippen LogP contribution in [0, 0.1) is 0 Å². The smallest absolute Gasteiger partial charge is 0.137 e. The number of hydrogen-bond acceptors (Lipinski definition) is 2. The molecule has 3 heteroatoms. The number of rotatable bonds is 4. The highest BCUT2D eigenvalue weighted by Crippen LogP contribution is 2.30. The first-order valence-corrected chi connectivity index (χ1v) is 6.63. The second-order valence-corrected chi connectivity index (χ2v) is 4.80. The first kappa shape index (κ1) is 13.9. The van der Waals surface area contributed by atoms with Gasteiger partial charge in [0.05, 0.1) is 12.1 Å². The molecule has 0 aromatic heterocycles. The van der Waals surface area contributed by atoms with Gasteiger partial charge in [-0.1, -0.05) is 48.9 Å². The van der Waals surface area contributed by atoms with Crippen molar-refractivity contribution in [2.75, 3.05) is 7.11 Å². The average molecular weight is 277 g/mol. The number of hydrogen-bond donors (Lipinski definition) is 1. The number of aliphatic hydroxyl groups is 1. The van der Waals surface area contributed by atoms with Crippen LogP contribution in [-0.4, -0.2) is 12.2 Å². The van der Waals surface area contributed by atoms with Gasteiger partial charge in [0.2, 0.25) is 0 Å². The van der Waals surface area contributed by atoms with E-state index in [4.69, 9.17) is 16.3 Å². The van der Waals surface area contributed by atoms with Crippen molar-refractivity contribution in [3.05, 3.63) is 64.2 Å². The van der Waals surface area contributed by atoms with Crippen LogP contribution >= 0.6 is 11.6 Å². The molecule has 0 saturated carbocycles. The molecule has 0 aliphatic rings. The number of methoxy groups -OCH3 is 1. The molecule has 2 aromatic carbocycles. The zero-order chi connectivity index (χ0) is 13.8.